The highest BCUT2D eigenvalue weighted by atomic mass is 16.4. The lowest BCUT2D eigenvalue weighted by Gasteiger charge is -2.03. The summed E-state index contributed by atoms with van der Waals surface area (Å²) >= 11 is 0. The monoisotopic (exact) mass is 255 g/mol. The second-order valence-electron chi connectivity index (χ2n) is 3.93. The summed E-state index contributed by atoms with van der Waals surface area (Å²) < 4.78 is 0. The molecule has 0 aliphatic rings. The summed E-state index contributed by atoms with van der Waals surface area (Å²) in [5, 5.41) is 13.0. The highest BCUT2D eigenvalue weighted by Crippen LogP contribution is 2.10. The average Bonchev–Trinajstić information content (AvgIpc) is 2.46. The maximum absolute atomic E-state index is 10.7. The molecule has 0 unspecified atom stereocenters. The Bertz CT molecular complexity index is 592. The van der Waals surface area contributed by atoms with E-state index in [0.717, 1.165) is 17.0 Å². The third kappa shape index (κ3) is 3.38. The van der Waals surface area contributed by atoms with Crippen LogP contribution in [0.2, 0.25) is 0 Å². The number of anilines is 1. The van der Waals surface area contributed by atoms with Gasteiger partial charge in [-0.05, 0) is 43.3 Å². The minimum atomic E-state index is -0.942. The second kappa shape index (κ2) is 5.77. The predicted octanol–water partition coefficient (Wildman–Crippen LogP) is 2.62. The van der Waals surface area contributed by atoms with Gasteiger partial charge in [-0.2, -0.15) is 5.10 Å². The van der Waals surface area contributed by atoms with Crippen LogP contribution in [-0.4, -0.2) is 21.8 Å². The van der Waals surface area contributed by atoms with Crippen LogP contribution in [0.15, 0.2) is 53.9 Å². The highest BCUT2D eigenvalue weighted by molar-refractivity contribution is 5.98. The Hall–Kier alpha value is -2.69. The summed E-state index contributed by atoms with van der Waals surface area (Å²) in [7, 11) is 0. The van der Waals surface area contributed by atoms with E-state index in [9.17, 15) is 4.79 Å². The molecule has 0 atom stereocenters. The third-order valence-corrected chi connectivity index (χ3v) is 2.58. The molecule has 5 heteroatoms. The average molecular weight is 255 g/mol. The summed E-state index contributed by atoms with van der Waals surface area (Å²) in [4.78, 5) is 14.7. The van der Waals surface area contributed by atoms with Crippen LogP contribution in [0.5, 0.6) is 0 Å². The summed E-state index contributed by atoms with van der Waals surface area (Å²) in [5.41, 5.74) is 5.67. The molecule has 2 N–H and O–H groups in total. The van der Waals surface area contributed by atoms with Crippen molar-refractivity contribution in [3.63, 3.8) is 0 Å². The molecule has 0 saturated heterocycles. The van der Waals surface area contributed by atoms with E-state index in [2.05, 4.69) is 15.5 Å². The molecule has 0 aliphatic heterocycles. The van der Waals surface area contributed by atoms with E-state index < -0.39 is 5.97 Å². The molecule has 0 radical (unpaired) electrons. The molecule has 96 valence electrons. The molecule has 19 heavy (non-hydrogen) atoms. The van der Waals surface area contributed by atoms with Crippen molar-refractivity contribution < 1.29 is 9.90 Å². The number of rotatable bonds is 4. The van der Waals surface area contributed by atoms with Gasteiger partial charge < -0.3 is 5.11 Å². The van der Waals surface area contributed by atoms with Crippen molar-refractivity contribution in [3.8, 4) is 0 Å². The number of carboxylic acids is 1. The fraction of sp³-hybridized carbons (Fsp3) is 0.0714. The Morgan fingerprint density at radius 3 is 2.32 bits per heavy atom. The van der Waals surface area contributed by atoms with Gasteiger partial charge in [-0.15, -0.1) is 0 Å². The van der Waals surface area contributed by atoms with E-state index in [1.807, 2.05) is 19.1 Å². The number of hydrogen-bond donors (Lipinski definition) is 2. The lowest BCUT2D eigenvalue weighted by atomic mass is 10.2. The zero-order chi connectivity index (χ0) is 13.7. The molecular formula is C14H13N3O2. The summed E-state index contributed by atoms with van der Waals surface area (Å²) in [6, 6.07) is 10.1. The van der Waals surface area contributed by atoms with Gasteiger partial charge in [0.15, 0.2) is 0 Å². The molecule has 5 nitrogen and oxygen atoms in total. The van der Waals surface area contributed by atoms with Crippen molar-refractivity contribution in [2.75, 3.05) is 5.43 Å². The summed E-state index contributed by atoms with van der Waals surface area (Å²) in [6.45, 7) is 1.88. The topological polar surface area (TPSA) is 74.6 Å². The van der Waals surface area contributed by atoms with Gasteiger partial charge in [0.25, 0.3) is 0 Å². The molecule has 2 rings (SSSR count). The fourth-order valence-electron chi connectivity index (χ4n) is 1.49. The Kier molecular flexibility index (Phi) is 3.87. The number of hydrogen-bond acceptors (Lipinski definition) is 4. The van der Waals surface area contributed by atoms with Crippen molar-refractivity contribution >= 4 is 17.4 Å². The van der Waals surface area contributed by atoms with Crippen LogP contribution in [-0.2, 0) is 0 Å². The molecular weight excluding hydrogens is 242 g/mol. The molecule has 0 bridgehead atoms. The first-order chi connectivity index (χ1) is 9.16. The van der Waals surface area contributed by atoms with E-state index in [0.29, 0.717) is 0 Å². The van der Waals surface area contributed by atoms with Gasteiger partial charge >= 0.3 is 5.97 Å². The van der Waals surface area contributed by atoms with E-state index in [4.69, 9.17) is 5.11 Å². The summed E-state index contributed by atoms with van der Waals surface area (Å²) in [5.74, 6) is -0.942. The SMILES string of the molecule is C/C(=N\Nc1ccc(C(=O)O)cc1)c1ccncc1. The number of carboxylic acid groups (broad SMARTS) is 1. The van der Waals surface area contributed by atoms with Gasteiger partial charge in [0, 0.05) is 18.0 Å². The molecule has 0 aliphatic carbocycles. The number of carbonyl (C=O) groups is 1. The van der Waals surface area contributed by atoms with Crippen molar-refractivity contribution in [1.82, 2.24) is 4.98 Å². The zero-order valence-electron chi connectivity index (χ0n) is 10.4. The van der Waals surface area contributed by atoms with Gasteiger partial charge in [-0.3, -0.25) is 10.4 Å². The van der Waals surface area contributed by atoms with Crippen molar-refractivity contribution in [2.45, 2.75) is 6.92 Å². The fourth-order valence-corrected chi connectivity index (χ4v) is 1.49. The van der Waals surface area contributed by atoms with E-state index in [1.165, 1.54) is 12.1 Å². The first kappa shape index (κ1) is 12.8. The van der Waals surface area contributed by atoms with E-state index in [1.54, 1.807) is 24.5 Å². The minimum absolute atomic E-state index is 0.250. The van der Waals surface area contributed by atoms with Crippen molar-refractivity contribution in [1.29, 1.82) is 0 Å². The van der Waals surface area contributed by atoms with Crippen LogP contribution < -0.4 is 5.43 Å². The molecule has 0 fully saturated rings. The Morgan fingerprint density at radius 1 is 1.11 bits per heavy atom. The largest absolute Gasteiger partial charge is 0.478 e. The maximum atomic E-state index is 10.7. The molecule has 1 aromatic carbocycles. The lowest BCUT2D eigenvalue weighted by Crippen LogP contribution is -2.00. The molecule has 1 heterocycles. The number of aromatic nitrogens is 1. The van der Waals surface area contributed by atoms with E-state index >= 15 is 0 Å². The van der Waals surface area contributed by atoms with Crippen molar-refractivity contribution in [2.24, 2.45) is 5.10 Å². The van der Waals surface area contributed by atoms with Crippen LogP contribution in [0.3, 0.4) is 0 Å². The normalized spacial score (nSPS) is 11.1. The van der Waals surface area contributed by atoms with Crippen LogP contribution >= 0.6 is 0 Å². The zero-order valence-corrected chi connectivity index (χ0v) is 10.4. The minimum Gasteiger partial charge on any atom is -0.478 e. The van der Waals surface area contributed by atoms with Crippen LogP contribution in [0.1, 0.15) is 22.8 Å². The third-order valence-electron chi connectivity index (χ3n) is 2.58. The Labute approximate surface area is 110 Å². The number of benzene rings is 1. The van der Waals surface area contributed by atoms with E-state index in [-0.39, 0.29) is 5.56 Å². The second-order valence-corrected chi connectivity index (χ2v) is 3.93. The molecule has 0 spiro atoms. The number of aromatic carboxylic acids is 1. The van der Waals surface area contributed by atoms with Gasteiger partial charge in [-0.1, -0.05) is 0 Å². The number of pyridine rings is 1. The maximum Gasteiger partial charge on any atom is 0.335 e. The van der Waals surface area contributed by atoms with Gasteiger partial charge in [-0.25, -0.2) is 4.79 Å². The molecule has 0 amide bonds. The molecule has 2 aromatic rings. The number of hydrazone groups is 1. The number of nitrogens with one attached hydrogen (secondary N) is 1. The smallest absolute Gasteiger partial charge is 0.335 e. The Balaban J connectivity index is 2.08. The van der Waals surface area contributed by atoms with Gasteiger partial charge in [0.1, 0.15) is 0 Å². The first-order valence-corrected chi connectivity index (χ1v) is 5.71. The predicted molar refractivity (Wildman–Crippen MR) is 73.5 cm³/mol. The number of nitrogens with zero attached hydrogens (tertiary/aromatic N) is 2. The molecule has 0 saturated carbocycles. The van der Waals surface area contributed by atoms with Crippen LogP contribution in [0, 0.1) is 0 Å². The summed E-state index contributed by atoms with van der Waals surface area (Å²) in [6.07, 6.45) is 3.41. The van der Waals surface area contributed by atoms with Gasteiger partial charge in [0.2, 0.25) is 0 Å². The standard InChI is InChI=1S/C14H13N3O2/c1-10(11-6-8-15-9-7-11)16-17-13-4-2-12(3-5-13)14(18)19/h2-9,17H,1H3,(H,18,19)/b16-10+. The van der Waals surface area contributed by atoms with Crippen molar-refractivity contribution in [3.05, 3.63) is 59.9 Å². The highest BCUT2D eigenvalue weighted by Gasteiger charge is 2.01. The molecule has 1 aromatic heterocycles. The van der Waals surface area contributed by atoms with Crippen LogP contribution in [0.4, 0.5) is 5.69 Å². The lowest BCUT2D eigenvalue weighted by molar-refractivity contribution is 0.0697. The Morgan fingerprint density at radius 2 is 1.74 bits per heavy atom. The first-order valence-electron chi connectivity index (χ1n) is 5.71. The van der Waals surface area contributed by atoms with Crippen LogP contribution in [0.25, 0.3) is 0 Å². The van der Waals surface area contributed by atoms with Gasteiger partial charge in [0.05, 0.1) is 17.0 Å². The quantitative estimate of drug-likeness (QED) is 0.650.